The monoisotopic (exact) mass is 451 g/mol. The number of H-pyrrole nitrogens is 1. The van der Waals surface area contributed by atoms with Gasteiger partial charge in [0.25, 0.3) is 0 Å². The summed E-state index contributed by atoms with van der Waals surface area (Å²) < 4.78 is 5.45. The number of fused-ring (bicyclic) bond motifs is 6. The third kappa shape index (κ3) is 2.83. The average Bonchev–Trinajstić information content (AvgIpc) is 3.44. The summed E-state index contributed by atoms with van der Waals surface area (Å²) in [5, 5.41) is 2.54. The lowest BCUT2D eigenvalue weighted by Gasteiger charge is -2.34. The van der Waals surface area contributed by atoms with Crippen LogP contribution in [0.15, 0.2) is 115 Å². The fourth-order valence-corrected chi connectivity index (χ4v) is 6.18. The van der Waals surface area contributed by atoms with Gasteiger partial charge in [0.2, 0.25) is 0 Å². The normalized spacial score (nSPS) is 13.6. The minimum absolute atomic E-state index is 0.317. The molecule has 35 heavy (non-hydrogen) atoms. The molecule has 1 N–H and O–H groups in total. The lowest BCUT2D eigenvalue weighted by Crippen LogP contribution is -2.30. The molecule has 0 spiro atoms. The quantitative estimate of drug-likeness (QED) is 0.290. The van der Waals surface area contributed by atoms with E-state index in [-0.39, 0.29) is 5.41 Å². The molecule has 1 aliphatic carbocycles. The second-order valence-corrected chi connectivity index (χ2v) is 9.42. The zero-order valence-electron chi connectivity index (χ0n) is 19.6. The van der Waals surface area contributed by atoms with Gasteiger partial charge >= 0.3 is 0 Å². The molecule has 0 bridgehead atoms. The molecule has 6 aromatic rings. The number of hydrogen-bond donors (Lipinski definition) is 1. The molecule has 5 aromatic carbocycles. The van der Waals surface area contributed by atoms with Crippen molar-refractivity contribution in [2.75, 3.05) is 7.11 Å². The first-order valence-electron chi connectivity index (χ1n) is 12.1. The van der Waals surface area contributed by atoms with Crippen LogP contribution in [-0.4, -0.2) is 12.1 Å². The Morgan fingerprint density at radius 2 is 1.20 bits per heavy atom. The second-order valence-electron chi connectivity index (χ2n) is 9.42. The van der Waals surface area contributed by atoms with E-state index in [0.717, 1.165) is 12.2 Å². The maximum atomic E-state index is 5.45. The van der Waals surface area contributed by atoms with Gasteiger partial charge in [-0.25, -0.2) is 0 Å². The fourth-order valence-electron chi connectivity index (χ4n) is 6.18. The first-order chi connectivity index (χ1) is 17.3. The molecule has 0 fully saturated rings. The van der Waals surface area contributed by atoms with E-state index in [1.54, 1.807) is 7.11 Å². The number of rotatable bonds is 4. The van der Waals surface area contributed by atoms with E-state index in [1.165, 1.54) is 55.2 Å². The summed E-state index contributed by atoms with van der Waals surface area (Å²) in [6, 6.07) is 41.8. The van der Waals surface area contributed by atoms with Crippen LogP contribution in [0.2, 0.25) is 0 Å². The summed E-state index contributed by atoms with van der Waals surface area (Å²) in [4.78, 5) is 3.79. The first kappa shape index (κ1) is 20.1. The van der Waals surface area contributed by atoms with Crippen LogP contribution in [0.5, 0.6) is 5.75 Å². The number of ether oxygens (including phenoxy) is 1. The minimum Gasteiger partial charge on any atom is -0.497 e. The Kier molecular flexibility index (Phi) is 4.37. The summed E-state index contributed by atoms with van der Waals surface area (Å²) >= 11 is 0. The predicted octanol–water partition coefficient (Wildman–Crippen LogP) is 7.89. The van der Waals surface area contributed by atoms with Crippen molar-refractivity contribution in [3.8, 4) is 16.9 Å². The van der Waals surface area contributed by atoms with Gasteiger partial charge in [0.1, 0.15) is 5.75 Å². The van der Waals surface area contributed by atoms with Gasteiger partial charge in [-0.1, -0.05) is 97.1 Å². The van der Waals surface area contributed by atoms with Gasteiger partial charge in [-0.3, -0.25) is 0 Å². The number of methoxy groups -OCH3 is 1. The van der Waals surface area contributed by atoms with Gasteiger partial charge < -0.3 is 9.72 Å². The molecular formula is C33H25NO. The SMILES string of the molecule is COc1ccc(CC2(c3cccc4c3[nH]c3ccccc34)c3ccccc3-c3ccccc32)cc1. The topological polar surface area (TPSA) is 25.0 Å². The van der Waals surface area contributed by atoms with Crippen LogP contribution in [0.25, 0.3) is 32.9 Å². The largest absolute Gasteiger partial charge is 0.497 e. The van der Waals surface area contributed by atoms with Gasteiger partial charge in [-0.2, -0.15) is 0 Å². The van der Waals surface area contributed by atoms with Gasteiger partial charge in [-0.15, -0.1) is 0 Å². The number of nitrogens with one attached hydrogen (secondary N) is 1. The standard InChI is InChI=1S/C33H25NO/c1-35-23-19-17-22(18-20-23)21-33(28-13-5-2-9-24(28)25-10-3-6-14-29(25)33)30-15-8-12-27-26-11-4-7-16-31(26)34-32(27)30/h2-20,34H,21H2,1H3. The van der Waals surface area contributed by atoms with E-state index in [1.807, 2.05) is 0 Å². The summed E-state index contributed by atoms with van der Waals surface area (Å²) in [5.74, 6) is 0.882. The van der Waals surface area contributed by atoms with Crippen molar-refractivity contribution in [1.29, 1.82) is 0 Å². The van der Waals surface area contributed by atoms with E-state index in [4.69, 9.17) is 4.74 Å². The zero-order chi connectivity index (χ0) is 23.4. The van der Waals surface area contributed by atoms with Gasteiger partial charge in [-0.05, 0) is 58.0 Å². The third-order valence-electron chi connectivity index (χ3n) is 7.69. The van der Waals surface area contributed by atoms with Crippen molar-refractivity contribution in [3.63, 3.8) is 0 Å². The number of aromatic amines is 1. The molecule has 1 aromatic heterocycles. The Bertz CT molecular complexity index is 1660. The summed E-state index contributed by atoms with van der Waals surface area (Å²) in [5.41, 5.74) is 10.1. The molecule has 0 unspecified atom stereocenters. The van der Waals surface area contributed by atoms with Gasteiger partial charge in [0.05, 0.1) is 18.0 Å². The molecule has 0 aliphatic heterocycles. The number of hydrogen-bond acceptors (Lipinski definition) is 1. The molecule has 1 heterocycles. The van der Waals surface area contributed by atoms with Crippen LogP contribution < -0.4 is 4.74 Å². The van der Waals surface area contributed by atoms with Crippen molar-refractivity contribution in [1.82, 2.24) is 4.98 Å². The van der Waals surface area contributed by atoms with E-state index in [0.29, 0.717) is 0 Å². The smallest absolute Gasteiger partial charge is 0.118 e. The van der Waals surface area contributed by atoms with Crippen molar-refractivity contribution < 1.29 is 4.74 Å². The van der Waals surface area contributed by atoms with E-state index < -0.39 is 0 Å². The van der Waals surface area contributed by atoms with Crippen LogP contribution in [0, 0.1) is 0 Å². The Balaban J connectivity index is 1.59. The maximum absolute atomic E-state index is 5.45. The van der Waals surface area contributed by atoms with Gasteiger partial charge in [0, 0.05) is 16.3 Å². The molecule has 0 saturated heterocycles. The van der Waals surface area contributed by atoms with Crippen molar-refractivity contribution >= 4 is 21.8 Å². The average molecular weight is 452 g/mol. The molecule has 2 heteroatoms. The summed E-state index contributed by atoms with van der Waals surface area (Å²) in [6.45, 7) is 0. The number of aromatic nitrogens is 1. The Hall–Kier alpha value is -4.30. The lowest BCUT2D eigenvalue weighted by molar-refractivity contribution is 0.414. The van der Waals surface area contributed by atoms with Crippen molar-refractivity contribution in [2.24, 2.45) is 0 Å². The Morgan fingerprint density at radius 1 is 0.600 bits per heavy atom. The molecule has 7 rings (SSSR count). The molecular weight excluding hydrogens is 426 g/mol. The van der Waals surface area contributed by atoms with Crippen LogP contribution >= 0.6 is 0 Å². The molecule has 0 saturated carbocycles. The maximum Gasteiger partial charge on any atom is 0.118 e. The highest BCUT2D eigenvalue weighted by Crippen LogP contribution is 2.55. The highest BCUT2D eigenvalue weighted by Gasteiger charge is 2.45. The fraction of sp³-hybridized carbons (Fsp3) is 0.0909. The molecule has 0 amide bonds. The molecule has 168 valence electrons. The van der Waals surface area contributed by atoms with Crippen LogP contribution in [0.3, 0.4) is 0 Å². The zero-order valence-corrected chi connectivity index (χ0v) is 19.6. The number of para-hydroxylation sites is 2. The number of benzene rings is 5. The minimum atomic E-state index is -0.317. The Labute approximate surface area is 204 Å². The summed E-state index contributed by atoms with van der Waals surface area (Å²) in [6.07, 6.45) is 0.861. The molecule has 1 aliphatic rings. The van der Waals surface area contributed by atoms with E-state index in [2.05, 4.69) is 120 Å². The second kappa shape index (κ2) is 7.61. The highest BCUT2D eigenvalue weighted by atomic mass is 16.5. The highest BCUT2D eigenvalue weighted by molar-refractivity contribution is 6.09. The molecule has 2 nitrogen and oxygen atoms in total. The lowest BCUT2D eigenvalue weighted by atomic mass is 9.68. The van der Waals surface area contributed by atoms with Crippen molar-refractivity contribution in [2.45, 2.75) is 11.8 Å². The predicted molar refractivity (Wildman–Crippen MR) is 144 cm³/mol. The first-order valence-corrected chi connectivity index (χ1v) is 12.1. The van der Waals surface area contributed by atoms with Crippen LogP contribution in [0.1, 0.15) is 22.3 Å². The van der Waals surface area contributed by atoms with Crippen LogP contribution in [0.4, 0.5) is 0 Å². The van der Waals surface area contributed by atoms with Crippen LogP contribution in [-0.2, 0) is 11.8 Å². The van der Waals surface area contributed by atoms with Gasteiger partial charge in [0.15, 0.2) is 0 Å². The van der Waals surface area contributed by atoms with E-state index in [9.17, 15) is 0 Å². The molecule has 0 atom stereocenters. The molecule has 0 radical (unpaired) electrons. The van der Waals surface area contributed by atoms with Crippen molar-refractivity contribution in [3.05, 3.63) is 138 Å². The Morgan fingerprint density at radius 3 is 1.91 bits per heavy atom. The summed E-state index contributed by atoms with van der Waals surface area (Å²) in [7, 11) is 1.72. The van der Waals surface area contributed by atoms with E-state index >= 15 is 0 Å². The third-order valence-corrected chi connectivity index (χ3v) is 7.69.